The fraction of sp³-hybridized carbons (Fsp3) is 0.455. The Morgan fingerprint density at radius 1 is 0.892 bits per heavy atom. The lowest BCUT2D eigenvalue weighted by atomic mass is 9.95. The normalized spacial score (nSPS) is 23.2. The number of rotatable bonds is 7. The van der Waals surface area contributed by atoms with Gasteiger partial charge >= 0.3 is 23.9 Å². The summed E-state index contributed by atoms with van der Waals surface area (Å²) >= 11 is 0. The standard InChI is InChI=1S/C22H22F3N3O9/c1-9(29)33-8-17-20(34-10(2)30)19(21(35-11(3)31)22(37-17)36-12(4)32)28-7-16(26-27-28)13-5-14(23)18(25)15(24)6-13/h5-7,17,19-22H,8H2,1-4H3. The lowest BCUT2D eigenvalue weighted by Crippen LogP contribution is -2.59. The van der Waals surface area contributed by atoms with Crippen molar-refractivity contribution in [3.8, 4) is 11.3 Å². The molecule has 5 unspecified atom stereocenters. The summed E-state index contributed by atoms with van der Waals surface area (Å²) in [4.78, 5) is 47.0. The zero-order chi connectivity index (χ0) is 27.4. The zero-order valence-corrected chi connectivity index (χ0v) is 20.0. The molecule has 0 saturated carbocycles. The first-order valence-corrected chi connectivity index (χ1v) is 10.7. The summed E-state index contributed by atoms with van der Waals surface area (Å²) in [5, 5.41) is 7.73. The van der Waals surface area contributed by atoms with Crippen molar-refractivity contribution in [2.24, 2.45) is 0 Å². The molecule has 37 heavy (non-hydrogen) atoms. The van der Waals surface area contributed by atoms with Crippen LogP contribution in [0.1, 0.15) is 33.7 Å². The van der Waals surface area contributed by atoms with E-state index >= 15 is 0 Å². The summed E-state index contributed by atoms with van der Waals surface area (Å²) in [6.07, 6.45) is -4.50. The first kappa shape index (κ1) is 27.6. The molecular weight excluding hydrogens is 507 g/mol. The van der Waals surface area contributed by atoms with Crippen LogP contribution in [0, 0.1) is 17.5 Å². The van der Waals surface area contributed by atoms with Crippen LogP contribution in [0.4, 0.5) is 13.2 Å². The number of benzene rings is 1. The van der Waals surface area contributed by atoms with E-state index in [0.717, 1.165) is 38.6 Å². The molecular formula is C22H22F3N3O9. The third kappa shape index (κ3) is 6.61. The molecule has 0 radical (unpaired) electrons. The van der Waals surface area contributed by atoms with E-state index in [4.69, 9.17) is 23.7 Å². The second-order valence-electron chi connectivity index (χ2n) is 7.93. The van der Waals surface area contributed by atoms with Crippen LogP contribution in [0.5, 0.6) is 0 Å². The number of esters is 4. The van der Waals surface area contributed by atoms with Gasteiger partial charge in [-0.25, -0.2) is 17.9 Å². The Bertz CT molecular complexity index is 1180. The predicted octanol–water partition coefficient (Wildman–Crippen LogP) is 1.62. The Balaban J connectivity index is 2.12. The zero-order valence-electron chi connectivity index (χ0n) is 20.0. The van der Waals surface area contributed by atoms with E-state index in [1.807, 2.05) is 0 Å². The number of halogens is 3. The van der Waals surface area contributed by atoms with Crippen LogP contribution >= 0.6 is 0 Å². The van der Waals surface area contributed by atoms with Gasteiger partial charge < -0.3 is 23.7 Å². The molecule has 1 aromatic heterocycles. The van der Waals surface area contributed by atoms with Crippen molar-refractivity contribution >= 4 is 23.9 Å². The van der Waals surface area contributed by atoms with E-state index in [1.54, 1.807) is 0 Å². The first-order chi connectivity index (χ1) is 17.4. The van der Waals surface area contributed by atoms with Gasteiger partial charge in [-0.1, -0.05) is 5.21 Å². The summed E-state index contributed by atoms with van der Waals surface area (Å²) < 4.78 is 68.6. The maximum Gasteiger partial charge on any atom is 0.305 e. The van der Waals surface area contributed by atoms with Gasteiger partial charge in [0.05, 0.1) is 6.20 Å². The molecule has 2 aromatic rings. The maximum atomic E-state index is 13.8. The number of hydrogen-bond donors (Lipinski definition) is 0. The van der Waals surface area contributed by atoms with Gasteiger partial charge in [0.15, 0.2) is 29.7 Å². The molecule has 200 valence electrons. The SMILES string of the molecule is CC(=O)OCC1OC(OC(C)=O)C(OC(C)=O)C(n2cc(-c3cc(F)c(F)c(F)c3)nn2)C1OC(C)=O. The molecule has 1 aliphatic rings. The van der Waals surface area contributed by atoms with Crippen LogP contribution in [-0.4, -0.2) is 70.1 Å². The lowest BCUT2D eigenvalue weighted by molar-refractivity contribution is -0.285. The fourth-order valence-corrected chi connectivity index (χ4v) is 3.70. The summed E-state index contributed by atoms with van der Waals surface area (Å²) in [6.45, 7) is 3.86. The monoisotopic (exact) mass is 529 g/mol. The molecule has 1 aromatic carbocycles. The summed E-state index contributed by atoms with van der Waals surface area (Å²) in [6, 6.07) is 0.0761. The largest absolute Gasteiger partial charge is 0.463 e. The van der Waals surface area contributed by atoms with E-state index in [-0.39, 0.29) is 11.3 Å². The van der Waals surface area contributed by atoms with Crippen LogP contribution in [-0.2, 0) is 42.9 Å². The minimum Gasteiger partial charge on any atom is -0.463 e. The molecule has 0 bridgehead atoms. The Morgan fingerprint density at radius 3 is 2.00 bits per heavy atom. The molecule has 3 rings (SSSR count). The number of carbonyl (C=O) groups is 4. The highest BCUT2D eigenvalue weighted by molar-refractivity contribution is 5.68. The Hall–Kier alpha value is -4.01. The summed E-state index contributed by atoms with van der Waals surface area (Å²) in [5.74, 6) is -7.78. The molecule has 0 spiro atoms. The topological polar surface area (TPSA) is 145 Å². The van der Waals surface area contributed by atoms with Gasteiger partial charge in [-0.15, -0.1) is 5.10 Å². The van der Waals surface area contributed by atoms with Crippen LogP contribution in [0.25, 0.3) is 11.3 Å². The number of carbonyl (C=O) groups excluding carboxylic acids is 4. The maximum absolute atomic E-state index is 13.8. The van der Waals surface area contributed by atoms with Gasteiger partial charge in [-0.3, -0.25) is 19.2 Å². The van der Waals surface area contributed by atoms with Crippen molar-refractivity contribution in [2.45, 2.75) is 58.3 Å². The van der Waals surface area contributed by atoms with Crippen LogP contribution in [0.3, 0.4) is 0 Å². The quantitative estimate of drug-likeness (QED) is 0.293. The van der Waals surface area contributed by atoms with Gasteiger partial charge in [0, 0.05) is 33.3 Å². The van der Waals surface area contributed by atoms with Crippen LogP contribution < -0.4 is 0 Å². The molecule has 5 atom stereocenters. The molecule has 0 N–H and O–H groups in total. The van der Waals surface area contributed by atoms with Gasteiger partial charge in [0.2, 0.25) is 6.29 Å². The van der Waals surface area contributed by atoms with E-state index in [9.17, 15) is 32.3 Å². The van der Waals surface area contributed by atoms with Crippen LogP contribution in [0.15, 0.2) is 18.3 Å². The Kier molecular flexibility index (Phi) is 8.47. The summed E-state index contributed by atoms with van der Waals surface area (Å²) in [7, 11) is 0. The minimum absolute atomic E-state index is 0.131. The highest BCUT2D eigenvalue weighted by Crippen LogP contribution is 2.36. The van der Waals surface area contributed by atoms with Gasteiger partial charge in [0.25, 0.3) is 0 Å². The highest BCUT2D eigenvalue weighted by Gasteiger charge is 2.53. The van der Waals surface area contributed by atoms with Crippen molar-refractivity contribution in [2.75, 3.05) is 6.61 Å². The first-order valence-electron chi connectivity index (χ1n) is 10.7. The van der Waals surface area contributed by atoms with Gasteiger partial charge in [-0.2, -0.15) is 0 Å². The fourth-order valence-electron chi connectivity index (χ4n) is 3.70. The van der Waals surface area contributed by atoms with Gasteiger partial charge in [0.1, 0.15) is 24.4 Å². The average Bonchev–Trinajstić information content (AvgIpc) is 3.26. The number of hydrogen-bond acceptors (Lipinski definition) is 11. The number of aromatic nitrogens is 3. The second kappa shape index (κ2) is 11.4. The molecule has 0 amide bonds. The van der Waals surface area contributed by atoms with Crippen molar-refractivity contribution in [1.29, 1.82) is 0 Å². The van der Waals surface area contributed by atoms with Crippen molar-refractivity contribution < 1.29 is 56.0 Å². The van der Waals surface area contributed by atoms with Crippen molar-refractivity contribution in [1.82, 2.24) is 15.0 Å². The van der Waals surface area contributed by atoms with E-state index in [0.29, 0.717) is 12.1 Å². The van der Waals surface area contributed by atoms with Crippen LogP contribution in [0.2, 0.25) is 0 Å². The number of ether oxygens (including phenoxy) is 5. The smallest absolute Gasteiger partial charge is 0.305 e. The Labute approximate surface area is 207 Å². The minimum atomic E-state index is -1.68. The van der Waals surface area contributed by atoms with Crippen molar-refractivity contribution in [3.63, 3.8) is 0 Å². The Morgan fingerprint density at radius 2 is 1.46 bits per heavy atom. The summed E-state index contributed by atoms with van der Waals surface area (Å²) in [5.41, 5.74) is -0.316. The third-order valence-electron chi connectivity index (χ3n) is 5.05. The molecule has 1 saturated heterocycles. The second-order valence-corrected chi connectivity index (χ2v) is 7.93. The number of nitrogens with zero attached hydrogens (tertiary/aromatic N) is 3. The molecule has 12 nitrogen and oxygen atoms in total. The molecule has 2 heterocycles. The molecule has 0 aliphatic carbocycles. The molecule has 1 fully saturated rings. The average molecular weight is 529 g/mol. The lowest BCUT2D eigenvalue weighted by Gasteiger charge is -2.44. The van der Waals surface area contributed by atoms with E-state index in [1.165, 1.54) is 0 Å². The van der Waals surface area contributed by atoms with E-state index < -0.39 is 78.6 Å². The van der Waals surface area contributed by atoms with Crippen molar-refractivity contribution in [3.05, 3.63) is 35.8 Å². The predicted molar refractivity (Wildman–Crippen MR) is 113 cm³/mol. The van der Waals surface area contributed by atoms with Gasteiger partial charge in [-0.05, 0) is 12.1 Å². The molecule has 1 aliphatic heterocycles. The molecule has 15 heteroatoms. The highest BCUT2D eigenvalue weighted by atomic mass is 19.2. The third-order valence-corrected chi connectivity index (χ3v) is 5.05. The van der Waals surface area contributed by atoms with E-state index in [2.05, 4.69) is 10.3 Å².